The summed E-state index contributed by atoms with van der Waals surface area (Å²) in [6.45, 7) is 0. The number of halogens is 1. The van der Waals surface area contributed by atoms with Gasteiger partial charge in [0.1, 0.15) is 11.5 Å². The maximum Gasteiger partial charge on any atom is 0.276 e. The van der Waals surface area contributed by atoms with Crippen LogP contribution in [0.2, 0.25) is 0 Å². The van der Waals surface area contributed by atoms with Gasteiger partial charge in [-0.1, -0.05) is 0 Å². The number of aromatic nitrogens is 2. The minimum atomic E-state index is -0.831. The Morgan fingerprint density at radius 2 is 1.90 bits per heavy atom. The van der Waals surface area contributed by atoms with E-state index in [1.165, 1.54) is 24.3 Å². The Morgan fingerprint density at radius 1 is 1.20 bits per heavy atom. The van der Waals surface area contributed by atoms with Crippen LogP contribution in [0.25, 0.3) is 0 Å². The van der Waals surface area contributed by atoms with E-state index in [9.17, 15) is 18.8 Å². The van der Waals surface area contributed by atoms with Gasteiger partial charge in [-0.15, -0.1) is 0 Å². The fourth-order valence-electron chi connectivity index (χ4n) is 2.69. The first-order chi connectivity index (χ1) is 14.3. The van der Waals surface area contributed by atoms with Crippen LogP contribution < -0.4 is 16.0 Å². The van der Waals surface area contributed by atoms with Gasteiger partial charge in [0.2, 0.25) is 0 Å². The van der Waals surface area contributed by atoms with E-state index in [4.69, 9.17) is 11.0 Å². The molecule has 2 aromatic carbocycles. The van der Waals surface area contributed by atoms with Gasteiger partial charge < -0.3 is 20.9 Å². The number of imidazole rings is 1. The summed E-state index contributed by atoms with van der Waals surface area (Å²) in [6, 6.07) is 11.3. The molecule has 0 spiro atoms. The van der Waals surface area contributed by atoms with Gasteiger partial charge in [-0.2, -0.15) is 5.26 Å². The van der Waals surface area contributed by atoms with Gasteiger partial charge in [0.25, 0.3) is 17.7 Å². The largest absolute Gasteiger partial charge is 0.364 e. The third-order valence-corrected chi connectivity index (χ3v) is 4.19. The molecule has 30 heavy (non-hydrogen) atoms. The molecule has 0 unspecified atom stereocenters. The van der Waals surface area contributed by atoms with E-state index in [-0.39, 0.29) is 22.5 Å². The molecule has 0 saturated heterocycles. The molecule has 3 aromatic rings. The van der Waals surface area contributed by atoms with Crippen LogP contribution in [0.5, 0.6) is 0 Å². The highest BCUT2D eigenvalue weighted by molar-refractivity contribution is 6.11. The second-order valence-electron chi connectivity index (χ2n) is 6.20. The summed E-state index contributed by atoms with van der Waals surface area (Å²) in [5.74, 6) is -2.64. The van der Waals surface area contributed by atoms with E-state index in [1.807, 2.05) is 0 Å². The lowest BCUT2D eigenvalue weighted by Crippen LogP contribution is -2.29. The van der Waals surface area contributed by atoms with Crippen LogP contribution in [0.4, 0.5) is 15.8 Å². The molecule has 0 atom stereocenters. The molecule has 10 heteroatoms. The van der Waals surface area contributed by atoms with Crippen LogP contribution in [0.3, 0.4) is 0 Å². The average molecular weight is 406 g/mol. The number of nitriles is 1. The smallest absolute Gasteiger partial charge is 0.276 e. The van der Waals surface area contributed by atoms with Crippen molar-refractivity contribution in [3.63, 3.8) is 0 Å². The summed E-state index contributed by atoms with van der Waals surface area (Å²) in [7, 11) is 1.50. The zero-order valence-electron chi connectivity index (χ0n) is 15.6. The monoisotopic (exact) mass is 406 g/mol. The number of H-pyrrole nitrogens is 1. The number of nitrogens with one attached hydrogen (secondary N) is 2. The molecule has 0 aliphatic heterocycles. The van der Waals surface area contributed by atoms with Crippen molar-refractivity contribution in [1.82, 2.24) is 9.97 Å². The van der Waals surface area contributed by atoms with Crippen molar-refractivity contribution >= 4 is 29.1 Å². The van der Waals surface area contributed by atoms with Crippen LogP contribution in [-0.4, -0.2) is 34.7 Å². The van der Waals surface area contributed by atoms with Gasteiger partial charge in [-0.25, -0.2) is 9.37 Å². The second-order valence-corrected chi connectivity index (χ2v) is 6.20. The van der Waals surface area contributed by atoms with Crippen LogP contribution in [0.15, 0.2) is 48.8 Å². The lowest BCUT2D eigenvalue weighted by Gasteiger charge is -2.17. The predicted octanol–water partition coefficient (Wildman–Crippen LogP) is 2.05. The SMILES string of the molecule is CN(C(=O)c1[nH]cnc1C(N)=O)c1ccc(NC(=O)c2cc(F)cc(C#N)c2)cc1. The normalized spacial score (nSPS) is 10.2. The molecular weight excluding hydrogens is 391 g/mol. The summed E-state index contributed by atoms with van der Waals surface area (Å²) in [5.41, 5.74) is 5.90. The molecule has 0 aliphatic rings. The van der Waals surface area contributed by atoms with Crippen molar-refractivity contribution in [2.24, 2.45) is 5.73 Å². The lowest BCUT2D eigenvalue weighted by atomic mass is 10.1. The summed E-state index contributed by atoms with van der Waals surface area (Å²) in [6.07, 6.45) is 1.20. The summed E-state index contributed by atoms with van der Waals surface area (Å²) in [4.78, 5) is 43.9. The minimum absolute atomic E-state index is 0.00106. The maximum absolute atomic E-state index is 13.5. The number of carbonyl (C=O) groups is 3. The highest BCUT2D eigenvalue weighted by Crippen LogP contribution is 2.20. The Morgan fingerprint density at radius 3 is 2.53 bits per heavy atom. The molecule has 1 aromatic heterocycles. The van der Waals surface area contributed by atoms with Gasteiger partial charge >= 0.3 is 0 Å². The minimum Gasteiger partial charge on any atom is -0.364 e. The number of nitrogens with zero attached hydrogens (tertiary/aromatic N) is 3. The van der Waals surface area contributed by atoms with E-state index in [2.05, 4.69) is 15.3 Å². The molecule has 150 valence electrons. The Bertz CT molecular complexity index is 1180. The first kappa shape index (κ1) is 20.2. The van der Waals surface area contributed by atoms with Gasteiger partial charge in [0, 0.05) is 24.0 Å². The fourth-order valence-corrected chi connectivity index (χ4v) is 2.69. The van der Waals surface area contributed by atoms with Crippen molar-refractivity contribution in [1.29, 1.82) is 5.26 Å². The van der Waals surface area contributed by atoms with Crippen molar-refractivity contribution in [3.05, 3.63) is 77.1 Å². The summed E-state index contributed by atoms with van der Waals surface area (Å²) >= 11 is 0. The van der Waals surface area contributed by atoms with Crippen LogP contribution in [0.1, 0.15) is 36.9 Å². The quantitative estimate of drug-likeness (QED) is 0.594. The second kappa shape index (κ2) is 8.24. The van der Waals surface area contributed by atoms with Crippen LogP contribution >= 0.6 is 0 Å². The van der Waals surface area contributed by atoms with Crippen molar-refractivity contribution in [3.8, 4) is 6.07 Å². The number of benzene rings is 2. The number of primary amides is 1. The van der Waals surface area contributed by atoms with Crippen LogP contribution in [-0.2, 0) is 0 Å². The highest BCUT2D eigenvalue weighted by atomic mass is 19.1. The van der Waals surface area contributed by atoms with Crippen molar-refractivity contribution in [2.45, 2.75) is 0 Å². The molecule has 4 N–H and O–H groups in total. The molecule has 0 radical (unpaired) electrons. The molecule has 1 heterocycles. The number of anilines is 2. The van der Waals surface area contributed by atoms with Gasteiger partial charge in [0.15, 0.2) is 5.69 Å². The Kier molecular flexibility index (Phi) is 5.55. The molecular formula is C20H15FN6O3. The first-order valence-corrected chi connectivity index (χ1v) is 8.53. The topological polar surface area (TPSA) is 145 Å². The van der Waals surface area contributed by atoms with Gasteiger partial charge in [-0.3, -0.25) is 14.4 Å². The summed E-state index contributed by atoms with van der Waals surface area (Å²) < 4.78 is 13.5. The predicted molar refractivity (Wildman–Crippen MR) is 105 cm³/mol. The lowest BCUT2D eigenvalue weighted by molar-refractivity contribution is 0.0958. The molecule has 0 aliphatic carbocycles. The number of amides is 3. The zero-order chi connectivity index (χ0) is 21.8. The fraction of sp³-hybridized carbons (Fsp3) is 0.0500. The molecule has 3 rings (SSSR count). The molecule has 0 fully saturated rings. The standard InChI is InChI=1S/C20H15FN6O3/c1-27(20(30)17-16(18(23)28)24-10-25-17)15-4-2-14(3-5-15)26-19(29)12-6-11(9-22)7-13(21)8-12/h2-8,10H,1H3,(H2,23,28)(H,24,25)(H,26,29). The molecule has 3 amide bonds. The van der Waals surface area contributed by atoms with Gasteiger partial charge in [0.05, 0.1) is 18.0 Å². The molecule has 0 saturated carbocycles. The number of hydrogen-bond donors (Lipinski definition) is 3. The number of hydrogen-bond acceptors (Lipinski definition) is 5. The number of nitrogens with two attached hydrogens (primary N) is 1. The Labute approximate surface area is 169 Å². The van der Waals surface area contributed by atoms with E-state index < -0.39 is 23.5 Å². The van der Waals surface area contributed by atoms with E-state index >= 15 is 0 Å². The first-order valence-electron chi connectivity index (χ1n) is 8.53. The summed E-state index contributed by atoms with van der Waals surface area (Å²) in [5, 5.41) is 11.5. The molecule has 0 bridgehead atoms. The average Bonchev–Trinajstić information content (AvgIpc) is 3.23. The van der Waals surface area contributed by atoms with Crippen LogP contribution in [0, 0.1) is 17.1 Å². The number of aromatic amines is 1. The van der Waals surface area contributed by atoms with E-state index in [0.29, 0.717) is 11.4 Å². The molecule has 9 nitrogen and oxygen atoms in total. The zero-order valence-corrected chi connectivity index (χ0v) is 15.6. The van der Waals surface area contributed by atoms with Crippen molar-refractivity contribution in [2.75, 3.05) is 17.3 Å². The van der Waals surface area contributed by atoms with Gasteiger partial charge in [-0.05, 0) is 42.5 Å². The van der Waals surface area contributed by atoms with E-state index in [0.717, 1.165) is 12.1 Å². The van der Waals surface area contributed by atoms with E-state index in [1.54, 1.807) is 30.3 Å². The Hall–Kier alpha value is -4.52. The highest BCUT2D eigenvalue weighted by Gasteiger charge is 2.22. The third-order valence-electron chi connectivity index (χ3n) is 4.19. The number of rotatable bonds is 5. The maximum atomic E-state index is 13.5. The number of carbonyl (C=O) groups excluding carboxylic acids is 3. The Balaban J connectivity index is 1.75. The third kappa shape index (κ3) is 4.15. The van der Waals surface area contributed by atoms with Crippen molar-refractivity contribution < 1.29 is 18.8 Å².